The number of carbonyl (C=O) groups excluding carboxylic acids is 2. The van der Waals surface area contributed by atoms with Crippen LogP contribution in [0.4, 0.5) is 5.69 Å². The van der Waals surface area contributed by atoms with Crippen molar-refractivity contribution in [2.24, 2.45) is 0 Å². The van der Waals surface area contributed by atoms with E-state index in [1.807, 2.05) is 24.0 Å². The van der Waals surface area contributed by atoms with Crippen LogP contribution < -0.4 is 15.4 Å². The van der Waals surface area contributed by atoms with Gasteiger partial charge in [-0.2, -0.15) is 0 Å². The van der Waals surface area contributed by atoms with Gasteiger partial charge in [-0.05, 0) is 19.1 Å². The first-order valence-electron chi connectivity index (χ1n) is 7.66. The summed E-state index contributed by atoms with van der Waals surface area (Å²) in [5.41, 5.74) is 0.640. The van der Waals surface area contributed by atoms with Gasteiger partial charge >= 0.3 is 0 Å². The van der Waals surface area contributed by atoms with Gasteiger partial charge in [-0.1, -0.05) is 12.1 Å². The quantitative estimate of drug-likeness (QED) is 0.816. The molecule has 0 spiro atoms. The number of methoxy groups -OCH3 is 1. The van der Waals surface area contributed by atoms with Crippen molar-refractivity contribution >= 4 is 29.3 Å². The van der Waals surface area contributed by atoms with Gasteiger partial charge in [0.05, 0.1) is 23.8 Å². The lowest BCUT2D eigenvalue weighted by atomic mass is 10.3. The number of thioether (sulfide) groups is 1. The van der Waals surface area contributed by atoms with E-state index in [0.29, 0.717) is 11.4 Å². The minimum Gasteiger partial charge on any atom is -0.495 e. The maximum absolute atomic E-state index is 12.3. The molecule has 0 saturated carbocycles. The first kappa shape index (κ1) is 17.6. The van der Waals surface area contributed by atoms with Gasteiger partial charge in [-0.25, -0.2) is 0 Å². The van der Waals surface area contributed by atoms with Crippen molar-refractivity contribution in [3.8, 4) is 5.75 Å². The predicted octanol–water partition coefficient (Wildman–Crippen LogP) is 1.19. The van der Waals surface area contributed by atoms with Gasteiger partial charge in [0.2, 0.25) is 11.8 Å². The number of nitrogens with zero attached hydrogens (tertiary/aromatic N) is 1. The van der Waals surface area contributed by atoms with Crippen molar-refractivity contribution in [1.29, 1.82) is 0 Å². The molecule has 6 nitrogen and oxygen atoms in total. The van der Waals surface area contributed by atoms with Crippen LogP contribution in [0.15, 0.2) is 24.3 Å². The van der Waals surface area contributed by atoms with E-state index in [1.54, 1.807) is 19.2 Å². The Labute approximate surface area is 140 Å². The van der Waals surface area contributed by atoms with E-state index in [9.17, 15) is 9.59 Å². The fraction of sp³-hybridized carbons (Fsp3) is 0.500. The molecule has 2 N–H and O–H groups in total. The smallest absolute Gasteiger partial charge is 0.235 e. The number of ether oxygens (including phenoxy) is 1. The average molecular weight is 337 g/mol. The number of nitrogens with one attached hydrogen (secondary N) is 2. The number of benzene rings is 1. The zero-order chi connectivity index (χ0) is 16.7. The Kier molecular flexibility index (Phi) is 6.73. The molecule has 126 valence electrons. The summed E-state index contributed by atoms with van der Waals surface area (Å²) in [6, 6.07) is 7.26. The Morgan fingerprint density at radius 3 is 2.74 bits per heavy atom. The molecule has 1 atom stereocenters. The summed E-state index contributed by atoms with van der Waals surface area (Å²) in [4.78, 5) is 26.2. The van der Waals surface area contributed by atoms with Crippen molar-refractivity contribution in [3.05, 3.63) is 24.3 Å². The summed E-state index contributed by atoms with van der Waals surface area (Å²) in [5, 5.41) is 5.81. The number of carbonyl (C=O) groups is 2. The SMILES string of the molecule is COc1ccccc1NC(=O)CSC(C)C(=O)N1CCNCC1. The van der Waals surface area contributed by atoms with Gasteiger partial charge in [0.25, 0.3) is 0 Å². The van der Waals surface area contributed by atoms with E-state index in [-0.39, 0.29) is 22.8 Å². The number of hydrogen-bond acceptors (Lipinski definition) is 5. The molecule has 1 aromatic rings. The summed E-state index contributed by atoms with van der Waals surface area (Å²) >= 11 is 1.35. The lowest BCUT2D eigenvalue weighted by Gasteiger charge is -2.29. The Morgan fingerprint density at radius 2 is 2.04 bits per heavy atom. The van der Waals surface area contributed by atoms with Crippen molar-refractivity contribution in [1.82, 2.24) is 10.2 Å². The third-order valence-electron chi connectivity index (χ3n) is 3.62. The lowest BCUT2D eigenvalue weighted by molar-refractivity contribution is -0.130. The summed E-state index contributed by atoms with van der Waals surface area (Å²) in [7, 11) is 1.56. The molecule has 0 radical (unpaired) electrons. The van der Waals surface area contributed by atoms with Gasteiger partial charge in [-0.15, -0.1) is 11.8 Å². The van der Waals surface area contributed by atoms with Crippen molar-refractivity contribution in [3.63, 3.8) is 0 Å². The Morgan fingerprint density at radius 1 is 1.35 bits per heavy atom. The van der Waals surface area contributed by atoms with Gasteiger partial charge in [0, 0.05) is 26.2 Å². The number of hydrogen-bond donors (Lipinski definition) is 2. The second kappa shape index (κ2) is 8.79. The maximum atomic E-state index is 12.3. The number of para-hydroxylation sites is 2. The predicted molar refractivity (Wildman–Crippen MR) is 93.0 cm³/mol. The van der Waals surface area contributed by atoms with Gasteiger partial charge in [-0.3, -0.25) is 9.59 Å². The van der Waals surface area contributed by atoms with Crippen LogP contribution in [0, 0.1) is 0 Å². The van der Waals surface area contributed by atoms with Crippen molar-refractivity contribution in [2.75, 3.05) is 44.4 Å². The minimum absolute atomic E-state index is 0.0987. The van der Waals surface area contributed by atoms with E-state index in [0.717, 1.165) is 26.2 Å². The molecular weight excluding hydrogens is 314 g/mol. The van der Waals surface area contributed by atoms with Crippen molar-refractivity contribution in [2.45, 2.75) is 12.2 Å². The summed E-state index contributed by atoms with van der Waals surface area (Å²) in [6.07, 6.45) is 0. The summed E-state index contributed by atoms with van der Waals surface area (Å²) in [6.45, 7) is 4.98. The fourth-order valence-corrected chi connectivity index (χ4v) is 3.11. The fourth-order valence-electron chi connectivity index (χ4n) is 2.35. The van der Waals surface area contributed by atoms with E-state index >= 15 is 0 Å². The Balaban J connectivity index is 1.80. The van der Waals surface area contributed by atoms with Crippen LogP contribution in [0.2, 0.25) is 0 Å². The first-order valence-corrected chi connectivity index (χ1v) is 8.70. The van der Waals surface area contributed by atoms with E-state index < -0.39 is 0 Å². The van der Waals surface area contributed by atoms with Crippen molar-refractivity contribution < 1.29 is 14.3 Å². The van der Waals surface area contributed by atoms with Gasteiger partial charge in [0.1, 0.15) is 5.75 Å². The van der Waals surface area contributed by atoms with Crippen LogP contribution in [0.1, 0.15) is 6.92 Å². The molecule has 1 aromatic carbocycles. The number of amides is 2. The molecule has 1 unspecified atom stereocenters. The maximum Gasteiger partial charge on any atom is 0.235 e. The van der Waals surface area contributed by atoms with E-state index in [4.69, 9.17) is 4.74 Å². The highest BCUT2D eigenvalue weighted by Gasteiger charge is 2.23. The van der Waals surface area contributed by atoms with E-state index in [2.05, 4.69) is 10.6 Å². The molecule has 23 heavy (non-hydrogen) atoms. The molecular formula is C16H23N3O3S. The monoisotopic (exact) mass is 337 g/mol. The average Bonchev–Trinajstić information content (AvgIpc) is 2.60. The molecule has 1 aliphatic rings. The first-order chi connectivity index (χ1) is 11.1. The Bertz CT molecular complexity index is 547. The molecule has 0 aromatic heterocycles. The topological polar surface area (TPSA) is 70.7 Å². The summed E-state index contributed by atoms with van der Waals surface area (Å²) < 4.78 is 5.20. The van der Waals surface area contributed by atoms with Crippen LogP contribution in [-0.2, 0) is 9.59 Å². The van der Waals surface area contributed by atoms with Crippen LogP contribution in [0.25, 0.3) is 0 Å². The number of rotatable bonds is 6. The second-order valence-corrected chi connectivity index (χ2v) is 6.61. The normalized spacial score (nSPS) is 15.8. The van der Waals surface area contributed by atoms with Crippen LogP contribution in [0.5, 0.6) is 5.75 Å². The molecule has 2 rings (SSSR count). The molecule has 1 fully saturated rings. The molecule has 0 bridgehead atoms. The zero-order valence-electron chi connectivity index (χ0n) is 13.5. The van der Waals surface area contributed by atoms with Gasteiger partial charge < -0.3 is 20.3 Å². The third-order valence-corrected chi connectivity index (χ3v) is 4.75. The third kappa shape index (κ3) is 5.14. The van der Waals surface area contributed by atoms with Gasteiger partial charge in [0.15, 0.2) is 0 Å². The number of piperazine rings is 1. The van der Waals surface area contributed by atoms with E-state index in [1.165, 1.54) is 11.8 Å². The molecule has 1 aliphatic heterocycles. The summed E-state index contributed by atoms with van der Waals surface area (Å²) in [5.74, 6) is 0.814. The highest BCUT2D eigenvalue weighted by molar-refractivity contribution is 8.01. The largest absolute Gasteiger partial charge is 0.495 e. The molecule has 1 heterocycles. The molecule has 7 heteroatoms. The highest BCUT2D eigenvalue weighted by atomic mass is 32.2. The Hall–Kier alpha value is -1.73. The minimum atomic E-state index is -0.225. The molecule has 2 amide bonds. The standard InChI is InChI=1S/C16H23N3O3S/c1-12(16(21)19-9-7-17-8-10-19)23-11-15(20)18-13-5-3-4-6-14(13)22-2/h3-6,12,17H,7-11H2,1-2H3,(H,18,20). The zero-order valence-corrected chi connectivity index (χ0v) is 14.3. The highest BCUT2D eigenvalue weighted by Crippen LogP contribution is 2.23. The second-order valence-electron chi connectivity index (χ2n) is 5.28. The van der Waals surface area contributed by atoms with Crippen LogP contribution in [-0.4, -0.2) is 61.0 Å². The van der Waals surface area contributed by atoms with Crippen LogP contribution >= 0.6 is 11.8 Å². The lowest BCUT2D eigenvalue weighted by Crippen LogP contribution is -2.48. The molecule has 1 saturated heterocycles. The van der Waals surface area contributed by atoms with Crippen LogP contribution in [0.3, 0.4) is 0 Å². The number of anilines is 1. The molecule has 0 aliphatic carbocycles.